The van der Waals surface area contributed by atoms with Gasteiger partial charge in [0.1, 0.15) is 0 Å². The van der Waals surface area contributed by atoms with Crippen molar-refractivity contribution in [2.24, 2.45) is 0 Å². The van der Waals surface area contributed by atoms with E-state index in [1.807, 2.05) is 18.2 Å². The molecule has 1 aromatic rings. The van der Waals surface area contributed by atoms with Crippen molar-refractivity contribution in [3.05, 3.63) is 30.3 Å². The number of thioether (sulfide) groups is 1. The van der Waals surface area contributed by atoms with Crippen LogP contribution in [-0.2, 0) is 0 Å². The van der Waals surface area contributed by atoms with Crippen LogP contribution >= 0.6 is 11.8 Å². The summed E-state index contributed by atoms with van der Waals surface area (Å²) in [4.78, 5) is 1.33. The minimum Gasteiger partial charge on any atom is -0.412 e. The van der Waals surface area contributed by atoms with Gasteiger partial charge in [-0.3, -0.25) is 0 Å². The van der Waals surface area contributed by atoms with Gasteiger partial charge in [0, 0.05) is 13.7 Å². The molecule has 0 aliphatic rings. The molecule has 0 spiro atoms. The molecular weight excluding hydrogens is 268 g/mol. The molecule has 0 bridgehead atoms. The lowest BCUT2D eigenvalue weighted by Crippen LogP contribution is -2.24. The number of hydrogen-bond acceptors (Lipinski definition) is 1. The zero-order valence-electron chi connectivity index (χ0n) is 13.6. The topological polar surface area (TPSA) is 31.5 Å². The highest BCUT2D eigenvalue weighted by molar-refractivity contribution is 7.98. The first-order valence-electron chi connectivity index (χ1n) is 6.99. The summed E-state index contributed by atoms with van der Waals surface area (Å²) in [5, 5.41) is 0. The SMILES string of the molecule is CC(C)[SiH](C(C)C)C(C)C.CSc1ccccc1.O. The lowest BCUT2D eigenvalue weighted by atomic mass is 10.4. The van der Waals surface area contributed by atoms with Gasteiger partial charge in [0.25, 0.3) is 0 Å². The summed E-state index contributed by atoms with van der Waals surface area (Å²) in [6, 6.07) is 10.3. The Hall–Kier alpha value is -0.253. The maximum Gasteiger partial charge on any atom is 0.0445 e. The Labute approximate surface area is 126 Å². The zero-order valence-corrected chi connectivity index (χ0v) is 15.6. The highest BCUT2D eigenvalue weighted by Crippen LogP contribution is 2.29. The molecule has 3 heteroatoms. The van der Waals surface area contributed by atoms with Crippen molar-refractivity contribution in [1.82, 2.24) is 0 Å². The molecule has 0 saturated carbocycles. The molecule has 19 heavy (non-hydrogen) atoms. The number of benzene rings is 1. The molecule has 0 atom stereocenters. The molecular formula is C16H32OSSi. The number of rotatable bonds is 4. The van der Waals surface area contributed by atoms with Crippen molar-refractivity contribution in [3.63, 3.8) is 0 Å². The van der Waals surface area contributed by atoms with Gasteiger partial charge in [0.2, 0.25) is 0 Å². The van der Waals surface area contributed by atoms with Gasteiger partial charge in [0.15, 0.2) is 0 Å². The van der Waals surface area contributed by atoms with Crippen LogP contribution in [0, 0.1) is 0 Å². The van der Waals surface area contributed by atoms with Crippen molar-refractivity contribution in [2.75, 3.05) is 6.26 Å². The van der Waals surface area contributed by atoms with Crippen LogP contribution in [0.3, 0.4) is 0 Å². The normalized spacial score (nSPS) is 10.5. The fraction of sp³-hybridized carbons (Fsp3) is 0.625. The van der Waals surface area contributed by atoms with Gasteiger partial charge in [-0.25, -0.2) is 0 Å². The van der Waals surface area contributed by atoms with E-state index in [1.54, 1.807) is 11.8 Å². The van der Waals surface area contributed by atoms with E-state index >= 15 is 0 Å². The Morgan fingerprint density at radius 1 is 0.789 bits per heavy atom. The van der Waals surface area contributed by atoms with Crippen LogP contribution in [0.25, 0.3) is 0 Å². The third-order valence-electron chi connectivity index (χ3n) is 3.29. The fourth-order valence-corrected chi connectivity index (χ4v) is 7.91. The monoisotopic (exact) mass is 300 g/mol. The molecule has 1 nitrogen and oxygen atoms in total. The van der Waals surface area contributed by atoms with Crippen LogP contribution in [0.5, 0.6) is 0 Å². The van der Waals surface area contributed by atoms with E-state index < -0.39 is 8.80 Å². The molecule has 0 aliphatic carbocycles. The Balaban J connectivity index is 0. The first-order chi connectivity index (χ1) is 8.40. The minimum atomic E-state index is -0.454. The van der Waals surface area contributed by atoms with Crippen LogP contribution in [0.2, 0.25) is 16.6 Å². The maximum atomic E-state index is 2.39. The highest BCUT2D eigenvalue weighted by atomic mass is 32.2. The largest absolute Gasteiger partial charge is 0.412 e. The smallest absolute Gasteiger partial charge is 0.0445 e. The molecule has 0 aliphatic heterocycles. The third-order valence-corrected chi connectivity index (χ3v) is 8.65. The van der Waals surface area contributed by atoms with Gasteiger partial charge in [0.05, 0.1) is 0 Å². The van der Waals surface area contributed by atoms with Crippen molar-refractivity contribution in [3.8, 4) is 0 Å². The van der Waals surface area contributed by atoms with Gasteiger partial charge in [-0.2, -0.15) is 0 Å². The molecule has 2 N–H and O–H groups in total. The van der Waals surface area contributed by atoms with Gasteiger partial charge in [-0.05, 0) is 18.4 Å². The van der Waals surface area contributed by atoms with Crippen molar-refractivity contribution in [2.45, 2.75) is 63.1 Å². The van der Waals surface area contributed by atoms with E-state index in [-0.39, 0.29) is 5.48 Å². The first-order valence-corrected chi connectivity index (χ1v) is 10.2. The van der Waals surface area contributed by atoms with E-state index in [4.69, 9.17) is 0 Å². The first kappa shape index (κ1) is 21.1. The highest BCUT2D eigenvalue weighted by Gasteiger charge is 2.22. The Bertz CT molecular complexity index is 280. The molecule has 1 rings (SSSR count). The summed E-state index contributed by atoms with van der Waals surface area (Å²) in [7, 11) is -0.454. The molecule has 0 fully saturated rings. The van der Waals surface area contributed by atoms with Crippen LogP contribution in [0.4, 0.5) is 0 Å². The van der Waals surface area contributed by atoms with E-state index in [2.05, 4.69) is 59.9 Å². The second-order valence-corrected chi connectivity index (χ2v) is 11.9. The van der Waals surface area contributed by atoms with E-state index in [9.17, 15) is 0 Å². The van der Waals surface area contributed by atoms with Crippen LogP contribution < -0.4 is 0 Å². The lowest BCUT2D eigenvalue weighted by Gasteiger charge is -2.26. The Kier molecular flexibility index (Phi) is 12.8. The summed E-state index contributed by atoms with van der Waals surface area (Å²) >= 11 is 1.77. The summed E-state index contributed by atoms with van der Waals surface area (Å²) in [6.45, 7) is 14.3. The second-order valence-electron chi connectivity index (χ2n) is 5.83. The van der Waals surface area contributed by atoms with Crippen LogP contribution in [0.15, 0.2) is 35.2 Å². The summed E-state index contributed by atoms with van der Waals surface area (Å²) in [6.07, 6.45) is 2.08. The van der Waals surface area contributed by atoms with E-state index in [0.717, 1.165) is 16.6 Å². The average molecular weight is 301 g/mol. The second kappa shape index (κ2) is 11.6. The summed E-state index contributed by atoms with van der Waals surface area (Å²) < 4.78 is 0. The van der Waals surface area contributed by atoms with Crippen LogP contribution in [0.1, 0.15) is 41.5 Å². The maximum absolute atomic E-state index is 2.39. The van der Waals surface area contributed by atoms with Crippen molar-refractivity contribution < 1.29 is 5.48 Å². The molecule has 0 unspecified atom stereocenters. The van der Waals surface area contributed by atoms with Gasteiger partial charge >= 0.3 is 0 Å². The van der Waals surface area contributed by atoms with E-state index in [0.29, 0.717) is 0 Å². The lowest BCUT2D eigenvalue weighted by molar-refractivity contribution is 0.824. The Morgan fingerprint density at radius 2 is 1.16 bits per heavy atom. The minimum absolute atomic E-state index is 0. The van der Waals surface area contributed by atoms with Crippen molar-refractivity contribution in [1.29, 1.82) is 0 Å². The standard InChI is InChI=1S/C9H22Si.C7H8S.H2O/c1-7(2)10(8(3)4)9(5)6;1-8-7-5-3-2-4-6-7;/h7-10H,1-6H3;2-6H,1H3;1H2. The van der Waals surface area contributed by atoms with Crippen molar-refractivity contribution >= 4 is 20.6 Å². The number of hydrogen-bond donors (Lipinski definition) is 0. The quantitative estimate of drug-likeness (QED) is 0.567. The predicted octanol–water partition coefficient (Wildman–Crippen LogP) is 5.03. The van der Waals surface area contributed by atoms with Gasteiger partial charge in [-0.1, -0.05) is 76.4 Å². The van der Waals surface area contributed by atoms with E-state index in [1.165, 1.54) is 4.90 Å². The average Bonchev–Trinajstić information content (AvgIpc) is 2.29. The third kappa shape index (κ3) is 9.31. The molecule has 0 heterocycles. The fourth-order valence-electron chi connectivity index (χ4n) is 2.87. The zero-order chi connectivity index (χ0) is 14.1. The summed E-state index contributed by atoms with van der Waals surface area (Å²) in [5.41, 5.74) is 2.92. The van der Waals surface area contributed by atoms with Crippen LogP contribution in [-0.4, -0.2) is 20.5 Å². The molecule has 0 radical (unpaired) electrons. The molecule has 0 saturated heterocycles. The molecule has 0 amide bonds. The molecule has 0 aromatic heterocycles. The molecule has 1 aromatic carbocycles. The Morgan fingerprint density at radius 3 is 1.32 bits per heavy atom. The predicted molar refractivity (Wildman–Crippen MR) is 94.3 cm³/mol. The molecule has 112 valence electrons. The van der Waals surface area contributed by atoms with Gasteiger partial charge in [-0.15, -0.1) is 11.8 Å². The summed E-state index contributed by atoms with van der Waals surface area (Å²) in [5.74, 6) is 0. The van der Waals surface area contributed by atoms with Gasteiger partial charge < -0.3 is 5.48 Å².